The summed E-state index contributed by atoms with van der Waals surface area (Å²) < 4.78 is 27.0. The van der Waals surface area contributed by atoms with Crippen LogP contribution in [-0.4, -0.2) is 58.2 Å². The molecule has 0 unspecified atom stereocenters. The summed E-state index contributed by atoms with van der Waals surface area (Å²) in [6.45, 7) is 1.90. The fourth-order valence-electron chi connectivity index (χ4n) is 3.97. The molecule has 3 aromatic rings. The first kappa shape index (κ1) is 21.8. The quantitative estimate of drug-likeness (QED) is 0.608. The van der Waals surface area contributed by atoms with Crippen LogP contribution < -0.4 is 0 Å². The number of hydrogen-bond acceptors (Lipinski definition) is 4. The molecule has 0 spiro atoms. The topological polar surface area (TPSA) is 74.8 Å². The van der Waals surface area contributed by atoms with E-state index in [-0.39, 0.29) is 21.6 Å². The van der Waals surface area contributed by atoms with Gasteiger partial charge in [0.05, 0.1) is 9.80 Å². The summed E-state index contributed by atoms with van der Waals surface area (Å²) in [6, 6.07) is 13.4. The van der Waals surface area contributed by atoms with Crippen molar-refractivity contribution in [3.63, 3.8) is 0 Å². The molecule has 0 saturated carbocycles. The van der Waals surface area contributed by atoms with Crippen LogP contribution in [0.2, 0.25) is 0 Å². The van der Waals surface area contributed by atoms with Gasteiger partial charge in [0.2, 0.25) is 9.84 Å². The Morgan fingerprint density at radius 1 is 0.719 bits per heavy atom. The summed E-state index contributed by atoms with van der Waals surface area (Å²) in [5.41, 5.74) is 2.86. The first-order chi connectivity index (χ1) is 15.0. The first-order valence-electron chi connectivity index (χ1n) is 10.1. The molecule has 164 valence electrons. The largest absolute Gasteiger partial charge is 0.345 e. The first-order valence-corrected chi connectivity index (χ1v) is 11.6. The second kappa shape index (κ2) is 7.60. The van der Waals surface area contributed by atoms with Gasteiger partial charge in [-0.2, -0.15) is 0 Å². The molecule has 0 aromatic heterocycles. The Bertz CT molecular complexity index is 1390. The highest BCUT2D eigenvalue weighted by Crippen LogP contribution is 2.44. The fourth-order valence-corrected chi connectivity index (χ4v) is 5.46. The van der Waals surface area contributed by atoms with Gasteiger partial charge in [0.15, 0.2) is 0 Å². The van der Waals surface area contributed by atoms with Gasteiger partial charge in [-0.3, -0.25) is 9.59 Å². The summed E-state index contributed by atoms with van der Waals surface area (Å²) in [7, 11) is 2.78. The number of amides is 2. The van der Waals surface area contributed by atoms with Gasteiger partial charge in [-0.05, 0) is 48.2 Å². The van der Waals surface area contributed by atoms with E-state index in [2.05, 4.69) is 0 Å². The minimum Gasteiger partial charge on any atom is -0.345 e. The Balaban J connectivity index is 2.02. The highest BCUT2D eigenvalue weighted by molar-refractivity contribution is 8.01. The third kappa shape index (κ3) is 3.29. The van der Waals surface area contributed by atoms with E-state index < -0.39 is 9.84 Å². The van der Waals surface area contributed by atoms with Gasteiger partial charge in [-0.15, -0.1) is 0 Å². The van der Waals surface area contributed by atoms with Crippen LogP contribution >= 0.6 is 0 Å². The molecule has 2 amide bonds. The van der Waals surface area contributed by atoms with Gasteiger partial charge in [0, 0.05) is 50.3 Å². The molecule has 0 aliphatic heterocycles. The van der Waals surface area contributed by atoms with Crippen molar-refractivity contribution in [2.24, 2.45) is 0 Å². The van der Waals surface area contributed by atoms with E-state index in [1.807, 2.05) is 6.92 Å². The van der Waals surface area contributed by atoms with Crippen LogP contribution in [0, 0.1) is 6.92 Å². The second-order valence-electron chi connectivity index (χ2n) is 8.34. The Morgan fingerprint density at radius 3 is 1.78 bits per heavy atom. The predicted octanol–water partition coefficient (Wildman–Crippen LogP) is 3.84. The molecule has 0 radical (unpaired) electrons. The highest BCUT2D eigenvalue weighted by Gasteiger charge is 2.32. The maximum atomic E-state index is 13.5. The van der Waals surface area contributed by atoms with Crippen molar-refractivity contribution in [1.82, 2.24) is 9.80 Å². The Labute approximate surface area is 187 Å². The summed E-state index contributed by atoms with van der Waals surface area (Å²) >= 11 is 0. The molecule has 3 aromatic carbocycles. The van der Waals surface area contributed by atoms with Gasteiger partial charge < -0.3 is 9.80 Å². The number of sulfone groups is 1. The smallest absolute Gasteiger partial charge is 0.253 e. The molecule has 6 nitrogen and oxygen atoms in total. The third-order valence-electron chi connectivity index (χ3n) is 5.64. The molecule has 0 saturated heterocycles. The number of benzene rings is 3. The van der Waals surface area contributed by atoms with Crippen molar-refractivity contribution in [1.29, 1.82) is 0 Å². The van der Waals surface area contributed by atoms with Gasteiger partial charge in [-0.1, -0.05) is 29.8 Å². The van der Waals surface area contributed by atoms with Crippen molar-refractivity contribution >= 4 is 43.4 Å². The van der Waals surface area contributed by atoms with Crippen molar-refractivity contribution < 1.29 is 18.0 Å². The third-order valence-corrected chi connectivity index (χ3v) is 7.45. The normalized spacial score (nSPS) is 12.6. The van der Waals surface area contributed by atoms with E-state index in [4.69, 9.17) is 0 Å². The molecule has 0 fully saturated rings. The SMILES string of the molecule is Cc1ccc(S(=O)(=O)C2=Cc3ccc(C(=O)N(C)C)c4c(C(=O)N(C)C)ccc2c34)cc1. The molecule has 32 heavy (non-hydrogen) atoms. The lowest BCUT2D eigenvalue weighted by Crippen LogP contribution is -2.25. The van der Waals surface area contributed by atoms with Crippen molar-refractivity contribution in [3.8, 4) is 0 Å². The van der Waals surface area contributed by atoms with Crippen LogP contribution in [0.25, 0.3) is 21.8 Å². The summed E-state index contributed by atoms with van der Waals surface area (Å²) in [4.78, 5) is 29.1. The van der Waals surface area contributed by atoms with E-state index in [1.165, 1.54) is 9.80 Å². The van der Waals surface area contributed by atoms with Gasteiger partial charge in [0.25, 0.3) is 11.8 Å². The van der Waals surface area contributed by atoms with Crippen LogP contribution in [-0.2, 0) is 9.84 Å². The summed E-state index contributed by atoms with van der Waals surface area (Å²) in [6.07, 6.45) is 1.63. The molecule has 7 heteroatoms. The lowest BCUT2D eigenvalue weighted by Gasteiger charge is -2.18. The van der Waals surface area contributed by atoms with E-state index in [1.54, 1.807) is 82.8 Å². The maximum Gasteiger partial charge on any atom is 0.253 e. The van der Waals surface area contributed by atoms with Crippen molar-refractivity contribution in [2.45, 2.75) is 11.8 Å². The molecule has 0 heterocycles. The molecule has 4 rings (SSSR count). The number of nitrogens with zero attached hydrogens (tertiary/aromatic N) is 2. The van der Waals surface area contributed by atoms with Gasteiger partial charge in [0.1, 0.15) is 0 Å². The summed E-state index contributed by atoms with van der Waals surface area (Å²) in [5.74, 6) is -0.507. The monoisotopic (exact) mass is 448 g/mol. The van der Waals surface area contributed by atoms with E-state index >= 15 is 0 Å². The molecular weight excluding hydrogens is 424 g/mol. The highest BCUT2D eigenvalue weighted by atomic mass is 32.2. The Morgan fingerprint density at radius 2 is 1.25 bits per heavy atom. The second-order valence-corrected chi connectivity index (χ2v) is 10.3. The zero-order chi connectivity index (χ0) is 23.4. The van der Waals surface area contributed by atoms with Crippen LogP contribution in [0.1, 0.15) is 37.4 Å². The summed E-state index contributed by atoms with van der Waals surface area (Å²) in [5, 5.41) is 1.08. The zero-order valence-corrected chi connectivity index (χ0v) is 19.4. The fraction of sp³-hybridized carbons (Fsp3) is 0.200. The lowest BCUT2D eigenvalue weighted by molar-refractivity contribution is 0.0828. The van der Waals surface area contributed by atoms with E-state index in [0.717, 1.165) is 5.56 Å². The number of carbonyl (C=O) groups excluding carboxylic acids is 2. The average Bonchev–Trinajstić information content (AvgIpc) is 3.14. The van der Waals surface area contributed by atoms with E-state index in [0.29, 0.717) is 33.0 Å². The minimum absolute atomic E-state index is 0.166. The molecule has 1 aliphatic carbocycles. The van der Waals surface area contributed by atoms with Crippen molar-refractivity contribution in [3.05, 3.63) is 76.3 Å². The lowest BCUT2D eigenvalue weighted by atomic mass is 9.93. The number of carbonyl (C=O) groups is 2. The molecule has 0 N–H and O–H groups in total. The standard InChI is InChI=1S/C25H24N2O4S/c1-15-6-9-17(10-7-15)32(30,31)21-14-16-8-11-19(24(28)26(2)3)23-20(25(29)27(4)5)13-12-18(21)22(16)23/h6-14H,1-5H3. The average molecular weight is 449 g/mol. The van der Waals surface area contributed by atoms with Gasteiger partial charge >= 0.3 is 0 Å². The maximum absolute atomic E-state index is 13.5. The number of rotatable bonds is 4. The predicted molar refractivity (Wildman–Crippen MR) is 126 cm³/mol. The Hall–Kier alpha value is -3.45. The number of aryl methyl sites for hydroxylation is 1. The minimum atomic E-state index is -3.80. The molecule has 0 atom stereocenters. The molecule has 1 aliphatic rings. The van der Waals surface area contributed by atoms with E-state index in [9.17, 15) is 18.0 Å². The van der Waals surface area contributed by atoms with Crippen LogP contribution in [0.3, 0.4) is 0 Å². The molecule has 0 bridgehead atoms. The van der Waals surface area contributed by atoms with Gasteiger partial charge in [-0.25, -0.2) is 8.42 Å². The Kier molecular flexibility index (Phi) is 5.17. The zero-order valence-electron chi connectivity index (χ0n) is 18.6. The number of hydrogen-bond donors (Lipinski definition) is 0. The van der Waals surface area contributed by atoms with Crippen molar-refractivity contribution in [2.75, 3.05) is 28.2 Å². The van der Waals surface area contributed by atoms with Crippen LogP contribution in [0.5, 0.6) is 0 Å². The van der Waals surface area contributed by atoms with Crippen LogP contribution in [0.15, 0.2) is 53.4 Å². The molecular formula is C25H24N2O4S. The van der Waals surface area contributed by atoms with Crippen LogP contribution in [0.4, 0.5) is 0 Å².